The second-order valence-electron chi connectivity index (χ2n) is 3.18. The van der Waals surface area contributed by atoms with Crippen molar-refractivity contribution >= 4 is 34.3 Å². The second kappa shape index (κ2) is 4.08. The van der Waals surface area contributed by atoms with Crippen molar-refractivity contribution in [2.75, 3.05) is 0 Å². The van der Waals surface area contributed by atoms with Crippen molar-refractivity contribution < 1.29 is 0 Å². The van der Waals surface area contributed by atoms with Crippen LogP contribution in [-0.2, 0) is 6.54 Å². The Labute approximate surface area is 100.0 Å². The lowest BCUT2D eigenvalue weighted by Crippen LogP contribution is -2.14. The Hall–Kier alpha value is -0.650. The van der Waals surface area contributed by atoms with Gasteiger partial charge in [0.2, 0.25) is 0 Å². The van der Waals surface area contributed by atoms with Crippen LogP contribution < -0.4 is 4.87 Å². The molecule has 0 amide bonds. The molecule has 0 aliphatic rings. The Morgan fingerprint density at radius 3 is 2.67 bits per heavy atom. The Balaban J connectivity index is 2.36. The smallest absolute Gasteiger partial charge is 0.298 e. The average Bonchev–Trinajstić information content (AvgIpc) is 2.67. The average molecular weight is 261 g/mol. The molecule has 0 unspecified atom stereocenters. The van der Waals surface area contributed by atoms with Gasteiger partial charge >= 0.3 is 4.87 Å². The minimum Gasteiger partial charge on any atom is -0.298 e. The predicted octanol–water partition coefficient (Wildman–Crippen LogP) is 2.68. The summed E-state index contributed by atoms with van der Waals surface area (Å²) in [6, 6.07) is 0. The van der Waals surface area contributed by atoms with Gasteiger partial charge in [0.05, 0.1) is 6.54 Å². The van der Waals surface area contributed by atoms with Crippen molar-refractivity contribution in [2.45, 2.75) is 20.4 Å². The number of nitrogens with zero attached hydrogens (tertiary/aromatic N) is 2. The number of halogens is 1. The maximum absolute atomic E-state index is 11.6. The predicted molar refractivity (Wildman–Crippen MR) is 64.3 cm³/mol. The lowest BCUT2D eigenvalue weighted by molar-refractivity contribution is 0.760. The van der Waals surface area contributed by atoms with Crippen molar-refractivity contribution in [2.24, 2.45) is 0 Å². The topological polar surface area (TPSA) is 34.9 Å². The van der Waals surface area contributed by atoms with Gasteiger partial charge in [-0.1, -0.05) is 22.9 Å². The fourth-order valence-electron chi connectivity index (χ4n) is 1.28. The summed E-state index contributed by atoms with van der Waals surface area (Å²) in [4.78, 5) is 17.7. The van der Waals surface area contributed by atoms with Crippen LogP contribution in [0.3, 0.4) is 0 Å². The first-order chi connectivity index (χ1) is 7.08. The van der Waals surface area contributed by atoms with Gasteiger partial charge in [0, 0.05) is 21.6 Å². The Bertz CT molecular complexity index is 541. The van der Waals surface area contributed by atoms with E-state index in [0.717, 1.165) is 15.4 Å². The molecular weight excluding hydrogens is 252 g/mol. The van der Waals surface area contributed by atoms with Crippen molar-refractivity contribution in [3.8, 4) is 0 Å². The molecule has 80 valence electrons. The van der Waals surface area contributed by atoms with Crippen LogP contribution in [0.1, 0.15) is 15.4 Å². The third-order valence-electron chi connectivity index (χ3n) is 2.21. The summed E-state index contributed by atoms with van der Waals surface area (Å²) in [5.74, 6) is 0. The largest absolute Gasteiger partial charge is 0.307 e. The van der Waals surface area contributed by atoms with Crippen molar-refractivity contribution in [3.63, 3.8) is 0 Å². The molecule has 15 heavy (non-hydrogen) atoms. The molecule has 2 aromatic rings. The molecule has 6 heteroatoms. The molecular formula is C9H9ClN2OS2. The molecule has 2 aromatic heterocycles. The minimum atomic E-state index is 0.0783. The zero-order chi connectivity index (χ0) is 11.0. The highest BCUT2D eigenvalue weighted by Crippen LogP contribution is 2.19. The van der Waals surface area contributed by atoms with E-state index in [1.807, 2.05) is 13.8 Å². The summed E-state index contributed by atoms with van der Waals surface area (Å²) in [6.45, 7) is 4.48. The number of aryl methyl sites for hydroxylation is 1. The van der Waals surface area contributed by atoms with Gasteiger partial charge in [-0.3, -0.25) is 9.36 Å². The SMILES string of the molecule is Cc1sc(=O)n(Cc2cnc(Cl)s2)c1C. The van der Waals surface area contributed by atoms with Crippen molar-refractivity contribution in [1.82, 2.24) is 9.55 Å². The van der Waals surface area contributed by atoms with Gasteiger partial charge in [-0.2, -0.15) is 0 Å². The molecule has 0 saturated heterocycles. The first-order valence-electron chi connectivity index (χ1n) is 4.35. The first-order valence-corrected chi connectivity index (χ1v) is 6.36. The highest BCUT2D eigenvalue weighted by Gasteiger charge is 2.09. The summed E-state index contributed by atoms with van der Waals surface area (Å²) in [5, 5.41) is 0. The van der Waals surface area contributed by atoms with Crippen LogP contribution in [0, 0.1) is 13.8 Å². The van der Waals surface area contributed by atoms with Gasteiger partial charge in [0.25, 0.3) is 0 Å². The van der Waals surface area contributed by atoms with Gasteiger partial charge in [0.1, 0.15) is 0 Å². The molecule has 0 aliphatic heterocycles. The van der Waals surface area contributed by atoms with E-state index in [4.69, 9.17) is 11.6 Å². The Kier molecular flexibility index (Phi) is 2.95. The van der Waals surface area contributed by atoms with Crippen molar-refractivity contribution in [3.05, 3.63) is 35.8 Å². The molecule has 0 bridgehead atoms. The second-order valence-corrected chi connectivity index (χ2v) is 6.04. The molecule has 0 aliphatic carbocycles. The van der Waals surface area contributed by atoms with Crippen LogP contribution in [0.4, 0.5) is 0 Å². The molecule has 0 radical (unpaired) electrons. The summed E-state index contributed by atoms with van der Waals surface area (Å²) < 4.78 is 2.27. The third kappa shape index (κ3) is 2.14. The normalized spacial score (nSPS) is 10.9. The highest BCUT2D eigenvalue weighted by molar-refractivity contribution is 7.15. The van der Waals surface area contributed by atoms with Gasteiger partial charge in [0.15, 0.2) is 4.47 Å². The van der Waals surface area contributed by atoms with Gasteiger partial charge in [-0.25, -0.2) is 4.98 Å². The number of thiazole rings is 2. The number of hydrogen-bond acceptors (Lipinski definition) is 4. The van der Waals surface area contributed by atoms with Crippen LogP contribution in [0.25, 0.3) is 0 Å². The fourth-order valence-corrected chi connectivity index (χ4v) is 3.08. The van der Waals surface area contributed by atoms with E-state index >= 15 is 0 Å². The van der Waals surface area contributed by atoms with Crippen LogP contribution in [0.15, 0.2) is 11.0 Å². The monoisotopic (exact) mass is 260 g/mol. The standard InChI is InChI=1S/C9H9ClN2OS2/c1-5-6(2)14-9(13)12(5)4-7-3-11-8(10)15-7/h3H,4H2,1-2H3. The van der Waals surface area contributed by atoms with E-state index < -0.39 is 0 Å². The van der Waals surface area contributed by atoms with E-state index in [2.05, 4.69) is 4.98 Å². The lowest BCUT2D eigenvalue weighted by Gasteiger charge is -2.01. The molecule has 0 N–H and O–H groups in total. The summed E-state index contributed by atoms with van der Waals surface area (Å²) in [7, 11) is 0. The molecule has 3 nitrogen and oxygen atoms in total. The van der Waals surface area contributed by atoms with Gasteiger partial charge < -0.3 is 0 Å². The number of rotatable bonds is 2. The molecule has 0 fully saturated rings. The van der Waals surface area contributed by atoms with Crippen LogP contribution in [0.2, 0.25) is 4.47 Å². The van der Waals surface area contributed by atoms with Crippen LogP contribution in [0.5, 0.6) is 0 Å². The third-order valence-corrected chi connectivity index (χ3v) is 4.31. The number of aromatic nitrogens is 2. The first kappa shape index (κ1) is 10.9. The van der Waals surface area contributed by atoms with Crippen molar-refractivity contribution in [1.29, 1.82) is 0 Å². The summed E-state index contributed by atoms with van der Waals surface area (Å²) in [6.07, 6.45) is 1.71. The zero-order valence-electron chi connectivity index (χ0n) is 8.28. The van der Waals surface area contributed by atoms with E-state index in [1.54, 1.807) is 10.8 Å². The molecule has 0 aromatic carbocycles. The number of hydrogen-bond donors (Lipinski definition) is 0. The van der Waals surface area contributed by atoms with E-state index in [0.29, 0.717) is 11.0 Å². The Morgan fingerprint density at radius 1 is 1.47 bits per heavy atom. The summed E-state index contributed by atoms with van der Waals surface area (Å²) >= 11 is 8.42. The lowest BCUT2D eigenvalue weighted by atomic mass is 10.4. The molecule has 2 rings (SSSR count). The van der Waals surface area contributed by atoms with E-state index in [-0.39, 0.29) is 4.87 Å². The summed E-state index contributed by atoms with van der Waals surface area (Å²) in [5.41, 5.74) is 1.02. The Morgan fingerprint density at radius 2 is 2.20 bits per heavy atom. The van der Waals surface area contributed by atoms with Gasteiger partial charge in [-0.05, 0) is 13.8 Å². The molecule has 0 spiro atoms. The van der Waals surface area contributed by atoms with E-state index in [1.165, 1.54) is 22.7 Å². The molecule has 2 heterocycles. The van der Waals surface area contributed by atoms with E-state index in [9.17, 15) is 4.79 Å². The quantitative estimate of drug-likeness (QED) is 0.832. The minimum absolute atomic E-state index is 0.0783. The van der Waals surface area contributed by atoms with Crippen LogP contribution in [-0.4, -0.2) is 9.55 Å². The zero-order valence-corrected chi connectivity index (χ0v) is 10.7. The molecule has 0 saturated carbocycles. The molecule has 0 atom stereocenters. The maximum atomic E-state index is 11.6. The van der Waals surface area contributed by atoms with Gasteiger partial charge in [-0.15, -0.1) is 11.3 Å². The highest BCUT2D eigenvalue weighted by atomic mass is 35.5. The maximum Gasteiger partial charge on any atom is 0.307 e. The van der Waals surface area contributed by atoms with Crippen LogP contribution >= 0.6 is 34.3 Å². The fraction of sp³-hybridized carbons (Fsp3) is 0.333.